The van der Waals surface area contributed by atoms with Gasteiger partial charge in [0.2, 0.25) is 0 Å². The van der Waals surface area contributed by atoms with Crippen LogP contribution in [-0.4, -0.2) is 31.3 Å². The van der Waals surface area contributed by atoms with E-state index in [0.29, 0.717) is 19.2 Å². The molecule has 0 amide bonds. The Morgan fingerprint density at radius 3 is 2.56 bits per heavy atom. The third-order valence-corrected chi connectivity index (χ3v) is 3.11. The van der Waals surface area contributed by atoms with Crippen LogP contribution >= 0.6 is 0 Å². The van der Waals surface area contributed by atoms with Crippen molar-refractivity contribution in [3.63, 3.8) is 0 Å². The van der Waals surface area contributed by atoms with Crippen LogP contribution in [0, 0.1) is 13.8 Å². The predicted octanol–water partition coefficient (Wildman–Crippen LogP) is 2.02. The van der Waals surface area contributed by atoms with Crippen LogP contribution in [0.4, 0.5) is 5.69 Å². The van der Waals surface area contributed by atoms with Gasteiger partial charge < -0.3 is 15.4 Å². The summed E-state index contributed by atoms with van der Waals surface area (Å²) in [7, 11) is 1.73. The van der Waals surface area contributed by atoms with Gasteiger partial charge in [0.15, 0.2) is 0 Å². The Balaban J connectivity index is 3.17. The lowest BCUT2D eigenvalue weighted by atomic mass is 10.1. The molecule has 18 heavy (non-hydrogen) atoms. The van der Waals surface area contributed by atoms with Crippen molar-refractivity contribution in [2.75, 3.05) is 25.2 Å². The molecule has 4 nitrogen and oxygen atoms in total. The quantitative estimate of drug-likeness (QED) is 0.840. The molecule has 0 aliphatic rings. The summed E-state index contributed by atoms with van der Waals surface area (Å²) in [5.41, 5.74) is 10.2. The highest BCUT2D eigenvalue weighted by molar-refractivity contribution is 5.56. The Kier molecular flexibility index (Phi) is 5.56. The molecule has 4 heteroatoms. The summed E-state index contributed by atoms with van der Waals surface area (Å²) in [6, 6.07) is 2.52. The van der Waals surface area contributed by atoms with Crippen molar-refractivity contribution in [3.05, 3.63) is 23.0 Å². The van der Waals surface area contributed by atoms with Gasteiger partial charge in [-0.05, 0) is 33.8 Å². The second-order valence-electron chi connectivity index (χ2n) is 4.83. The largest absolute Gasteiger partial charge is 0.383 e. The maximum absolute atomic E-state index is 5.87. The van der Waals surface area contributed by atoms with Gasteiger partial charge in [0.05, 0.1) is 6.61 Å². The van der Waals surface area contributed by atoms with E-state index in [0.717, 1.165) is 23.5 Å². The lowest BCUT2D eigenvalue weighted by Crippen LogP contribution is -2.35. The molecule has 102 valence electrons. The molecule has 1 rings (SSSR count). The van der Waals surface area contributed by atoms with E-state index < -0.39 is 0 Å². The highest BCUT2D eigenvalue weighted by Gasteiger charge is 2.16. The average molecular weight is 251 g/mol. The molecule has 1 aromatic heterocycles. The number of aryl methyl sites for hydroxylation is 2. The van der Waals surface area contributed by atoms with Crippen molar-refractivity contribution in [1.29, 1.82) is 0 Å². The van der Waals surface area contributed by atoms with Crippen molar-refractivity contribution in [1.82, 2.24) is 4.98 Å². The summed E-state index contributed by atoms with van der Waals surface area (Å²) >= 11 is 0. The van der Waals surface area contributed by atoms with Crippen molar-refractivity contribution in [2.24, 2.45) is 5.73 Å². The minimum Gasteiger partial charge on any atom is -0.383 e. The first-order chi connectivity index (χ1) is 8.51. The summed E-state index contributed by atoms with van der Waals surface area (Å²) in [6.07, 6.45) is 0. The molecule has 0 bridgehead atoms. The van der Waals surface area contributed by atoms with E-state index in [1.165, 1.54) is 5.69 Å². The molecule has 0 aromatic carbocycles. The van der Waals surface area contributed by atoms with Gasteiger partial charge in [0.1, 0.15) is 0 Å². The molecule has 0 spiro atoms. The number of nitrogens with zero attached hydrogens (tertiary/aromatic N) is 2. The third kappa shape index (κ3) is 3.43. The molecule has 0 saturated carbocycles. The topological polar surface area (TPSA) is 51.4 Å². The van der Waals surface area contributed by atoms with Crippen LogP contribution in [0.15, 0.2) is 6.07 Å². The molecule has 0 radical (unpaired) electrons. The highest BCUT2D eigenvalue weighted by atomic mass is 16.5. The van der Waals surface area contributed by atoms with Crippen LogP contribution < -0.4 is 10.6 Å². The molecule has 0 aliphatic heterocycles. The minimum atomic E-state index is 0.409. The molecular weight excluding hydrogens is 226 g/mol. The van der Waals surface area contributed by atoms with E-state index in [4.69, 9.17) is 10.5 Å². The average Bonchev–Trinajstić information content (AvgIpc) is 2.28. The molecule has 0 aliphatic carbocycles. The van der Waals surface area contributed by atoms with Gasteiger partial charge in [0.25, 0.3) is 0 Å². The van der Waals surface area contributed by atoms with Gasteiger partial charge in [-0.25, -0.2) is 0 Å². The number of ether oxygens (including phenoxy) is 1. The van der Waals surface area contributed by atoms with Crippen LogP contribution in [0.1, 0.15) is 30.8 Å². The fraction of sp³-hybridized carbons (Fsp3) is 0.643. The molecule has 0 atom stereocenters. The number of nitrogens with two attached hydrogens (primary N) is 1. The number of methoxy groups -OCH3 is 1. The Morgan fingerprint density at radius 1 is 1.39 bits per heavy atom. The van der Waals surface area contributed by atoms with Gasteiger partial charge in [-0.2, -0.15) is 0 Å². The zero-order valence-corrected chi connectivity index (χ0v) is 12.2. The standard InChI is InChI=1S/C14H25N3O/c1-10(2)17(6-7-18-5)14-8-11(3)16-12(4)13(14)9-15/h8,10H,6-7,9,15H2,1-5H3. The van der Waals surface area contributed by atoms with Gasteiger partial charge in [-0.3, -0.25) is 4.98 Å². The first-order valence-electron chi connectivity index (χ1n) is 6.44. The molecule has 0 saturated heterocycles. The molecule has 0 unspecified atom stereocenters. The van der Waals surface area contributed by atoms with Crippen LogP contribution in [0.3, 0.4) is 0 Å². The van der Waals surface area contributed by atoms with E-state index in [1.807, 2.05) is 13.8 Å². The van der Waals surface area contributed by atoms with Gasteiger partial charge in [-0.1, -0.05) is 0 Å². The zero-order valence-electron chi connectivity index (χ0n) is 12.2. The fourth-order valence-electron chi connectivity index (χ4n) is 2.19. The van der Waals surface area contributed by atoms with Crippen molar-refractivity contribution < 1.29 is 4.74 Å². The molecule has 0 fully saturated rings. The summed E-state index contributed by atoms with van der Waals surface area (Å²) in [5, 5.41) is 0. The smallest absolute Gasteiger partial charge is 0.0637 e. The normalized spacial score (nSPS) is 11.1. The number of hydrogen-bond donors (Lipinski definition) is 1. The van der Waals surface area contributed by atoms with Crippen LogP contribution in [0.5, 0.6) is 0 Å². The Morgan fingerprint density at radius 2 is 2.06 bits per heavy atom. The summed E-state index contributed by atoms with van der Waals surface area (Å²) < 4.78 is 5.19. The second-order valence-corrected chi connectivity index (χ2v) is 4.83. The van der Waals surface area contributed by atoms with Crippen molar-refractivity contribution in [3.8, 4) is 0 Å². The third-order valence-electron chi connectivity index (χ3n) is 3.11. The number of aromatic nitrogens is 1. The molecular formula is C14H25N3O. The monoisotopic (exact) mass is 251 g/mol. The Bertz CT molecular complexity index is 391. The molecule has 1 heterocycles. The number of anilines is 1. The molecule has 1 aromatic rings. The molecule has 2 N–H and O–H groups in total. The van der Waals surface area contributed by atoms with Gasteiger partial charge in [-0.15, -0.1) is 0 Å². The van der Waals surface area contributed by atoms with Crippen molar-refractivity contribution >= 4 is 5.69 Å². The predicted molar refractivity (Wildman–Crippen MR) is 76.0 cm³/mol. The minimum absolute atomic E-state index is 0.409. The maximum Gasteiger partial charge on any atom is 0.0637 e. The van der Waals surface area contributed by atoms with E-state index in [1.54, 1.807) is 7.11 Å². The van der Waals surface area contributed by atoms with Crippen LogP contribution in [-0.2, 0) is 11.3 Å². The van der Waals surface area contributed by atoms with E-state index in [2.05, 4.69) is 29.8 Å². The number of hydrogen-bond acceptors (Lipinski definition) is 4. The van der Waals surface area contributed by atoms with E-state index in [-0.39, 0.29) is 0 Å². The second kappa shape index (κ2) is 6.71. The first kappa shape index (κ1) is 14.9. The first-order valence-corrected chi connectivity index (χ1v) is 6.44. The lowest BCUT2D eigenvalue weighted by molar-refractivity contribution is 0.203. The summed E-state index contributed by atoms with van der Waals surface area (Å²) in [6.45, 7) is 10.5. The summed E-state index contributed by atoms with van der Waals surface area (Å²) in [4.78, 5) is 6.82. The number of pyridine rings is 1. The SMILES string of the molecule is COCCN(c1cc(C)nc(C)c1CN)C(C)C. The lowest BCUT2D eigenvalue weighted by Gasteiger charge is -2.31. The van der Waals surface area contributed by atoms with Crippen LogP contribution in [0.2, 0.25) is 0 Å². The zero-order chi connectivity index (χ0) is 13.7. The highest BCUT2D eigenvalue weighted by Crippen LogP contribution is 2.25. The van der Waals surface area contributed by atoms with Gasteiger partial charge >= 0.3 is 0 Å². The summed E-state index contributed by atoms with van der Waals surface area (Å²) in [5.74, 6) is 0. The van der Waals surface area contributed by atoms with Crippen LogP contribution in [0.25, 0.3) is 0 Å². The maximum atomic E-state index is 5.87. The Hall–Kier alpha value is -1.13. The Labute approximate surface area is 110 Å². The fourth-order valence-corrected chi connectivity index (χ4v) is 2.19. The number of rotatable bonds is 6. The van der Waals surface area contributed by atoms with E-state index in [9.17, 15) is 0 Å². The van der Waals surface area contributed by atoms with E-state index >= 15 is 0 Å². The van der Waals surface area contributed by atoms with Crippen molar-refractivity contribution in [2.45, 2.75) is 40.3 Å². The van der Waals surface area contributed by atoms with Gasteiger partial charge in [0, 0.05) is 48.9 Å².